The molecule has 0 bridgehead atoms. The quantitative estimate of drug-likeness (QED) is 0.489. The summed E-state index contributed by atoms with van der Waals surface area (Å²) in [5, 5.41) is 20.5. The van der Waals surface area contributed by atoms with Crippen LogP contribution in [0.25, 0.3) is 0 Å². The molecule has 7 nitrogen and oxygen atoms in total. The van der Waals surface area contributed by atoms with Gasteiger partial charge in [-0.1, -0.05) is 0 Å². The molecular formula is C8H6N2O5S. The molecule has 84 valence electrons. The van der Waals surface area contributed by atoms with E-state index in [0.717, 1.165) is 12.1 Å². The Labute approximate surface area is 94.8 Å². The first-order valence-electron chi connectivity index (χ1n) is 4.05. The molecule has 0 amide bonds. The summed E-state index contributed by atoms with van der Waals surface area (Å²) in [5.41, 5.74) is -0.728. The molecule has 0 fully saturated rings. The van der Waals surface area contributed by atoms with E-state index in [4.69, 9.17) is 0 Å². The second-order valence-electron chi connectivity index (χ2n) is 2.90. The third-order valence-electron chi connectivity index (χ3n) is 1.82. The smallest absolute Gasteiger partial charge is 0.279 e. The minimum absolute atomic E-state index is 0.107. The maximum atomic E-state index is 10.7. The van der Waals surface area contributed by atoms with Gasteiger partial charge >= 0.3 is 0 Å². The monoisotopic (exact) mass is 242 g/mol. The van der Waals surface area contributed by atoms with Gasteiger partial charge in [-0.3, -0.25) is 25.0 Å². The van der Waals surface area contributed by atoms with Crippen LogP contribution in [0.3, 0.4) is 0 Å². The summed E-state index contributed by atoms with van der Waals surface area (Å²) in [4.78, 5) is 30.2. The van der Waals surface area contributed by atoms with Crippen molar-refractivity contribution in [2.24, 2.45) is 0 Å². The highest BCUT2D eigenvalue weighted by Gasteiger charge is 2.19. The van der Waals surface area contributed by atoms with Crippen LogP contribution < -0.4 is 0 Å². The zero-order valence-corrected chi connectivity index (χ0v) is 8.72. The molecule has 0 unspecified atom stereocenters. The molecular weight excluding hydrogens is 236 g/mol. The summed E-state index contributed by atoms with van der Waals surface area (Å²) >= 11 is 3.50. The van der Waals surface area contributed by atoms with Gasteiger partial charge in [0.2, 0.25) is 0 Å². The average Bonchev–Trinajstić information content (AvgIpc) is 2.16. The first-order chi connectivity index (χ1) is 7.41. The molecule has 0 aliphatic heterocycles. The Bertz CT molecular complexity index is 473. The van der Waals surface area contributed by atoms with Crippen LogP contribution in [0.15, 0.2) is 18.2 Å². The standard InChI is InChI=1S/C8H6N2O5S/c11-8(16)3-5-1-2-6(9(12)13)4-7(5)10(14)15/h1-2,4H,3H2,(H,11,16). The SMILES string of the molecule is O=C(S)Cc1ccc([N+](=O)[O-])cc1[N+](=O)[O-]. The molecule has 0 aliphatic rings. The lowest BCUT2D eigenvalue weighted by Gasteiger charge is -1.99. The van der Waals surface area contributed by atoms with Gasteiger partial charge in [0.1, 0.15) is 0 Å². The Balaban J connectivity index is 3.24. The van der Waals surface area contributed by atoms with Crippen molar-refractivity contribution >= 4 is 29.1 Å². The fourth-order valence-electron chi connectivity index (χ4n) is 1.15. The van der Waals surface area contributed by atoms with Crippen molar-refractivity contribution in [3.05, 3.63) is 44.0 Å². The normalized spacial score (nSPS) is 9.81. The van der Waals surface area contributed by atoms with Crippen LogP contribution in [0.1, 0.15) is 5.56 Å². The molecule has 0 N–H and O–H groups in total. The Morgan fingerprint density at radius 1 is 1.25 bits per heavy atom. The summed E-state index contributed by atoms with van der Waals surface area (Å²) in [6.07, 6.45) is -0.239. The zero-order chi connectivity index (χ0) is 12.3. The van der Waals surface area contributed by atoms with Gasteiger partial charge < -0.3 is 0 Å². The minimum atomic E-state index is -0.765. The van der Waals surface area contributed by atoms with Crippen molar-refractivity contribution < 1.29 is 14.6 Å². The number of nitro benzene ring substituents is 2. The van der Waals surface area contributed by atoms with Crippen molar-refractivity contribution in [2.45, 2.75) is 6.42 Å². The van der Waals surface area contributed by atoms with Crippen molar-refractivity contribution in [1.82, 2.24) is 0 Å². The van der Waals surface area contributed by atoms with Crippen molar-refractivity contribution in [2.75, 3.05) is 0 Å². The molecule has 0 saturated carbocycles. The Hall–Kier alpha value is -1.96. The van der Waals surface area contributed by atoms with E-state index in [1.54, 1.807) is 0 Å². The van der Waals surface area contributed by atoms with Crippen molar-refractivity contribution in [3.63, 3.8) is 0 Å². The van der Waals surface area contributed by atoms with E-state index in [1.807, 2.05) is 0 Å². The van der Waals surface area contributed by atoms with Crippen LogP contribution in [0, 0.1) is 20.2 Å². The Kier molecular flexibility index (Phi) is 3.56. The van der Waals surface area contributed by atoms with E-state index in [-0.39, 0.29) is 17.7 Å². The topological polar surface area (TPSA) is 103 Å². The second-order valence-corrected chi connectivity index (χ2v) is 3.40. The number of benzene rings is 1. The summed E-state index contributed by atoms with van der Waals surface area (Å²) in [6, 6.07) is 3.12. The molecule has 1 rings (SSSR count). The second kappa shape index (κ2) is 4.71. The fraction of sp³-hybridized carbons (Fsp3) is 0.125. The average molecular weight is 242 g/mol. The number of nitro groups is 2. The van der Waals surface area contributed by atoms with Crippen molar-refractivity contribution in [3.8, 4) is 0 Å². The van der Waals surface area contributed by atoms with Gasteiger partial charge in [-0.05, 0) is 6.07 Å². The molecule has 16 heavy (non-hydrogen) atoms. The van der Waals surface area contributed by atoms with Gasteiger partial charge in [0, 0.05) is 18.1 Å². The number of hydrogen-bond donors (Lipinski definition) is 1. The first-order valence-corrected chi connectivity index (χ1v) is 4.50. The van der Waals surface area contributed by atoms with Gasteiger partial charge in [0.25, 0.3) is 11.4 Å². The van der Waals surface area contributed by atoms with Crippen molar-refractivity contribution in [1.29, 1.82) is 0 Å². The molecule has 0 radical (unpaired) electrons. The molecule has 0 heterocycles. The minimum Gasteiger partial charge on any atom is -0.287 e. The van der Waals surface area contributed by atoms with E-state index in [2.05, 4.69) is 12.6 Å². The number of carbonyl (C=O) groups excluding carboxylic acids is 1. The number of carbonyl (C=O) groups is 1. The number of rotatable bonds is 4. The molecule has 0 aliphatic carbocycles. The fourth-order valence-corrected chi connectivity index (χ4v) is 1.32. The Morgan fingerprint density at radius 3 is 2.31 bits per heavy atom. The van der Waals surface area contributed by atoms with Gasteiger partial charge in [-0.15, -0.1) is 12.6 Å². The molecule has 0 saturated heterocycles. The highest BCUT2D eigenvalue weighted by molar-refractivity contribution is 7.96. The molecule has 1 aromatic carbocycles. The highest BCUT2D eigenvalue weighted by atomic mass is 32.1. The third-order valence-corrected chi connectivity index (χ3v) is 1.98. The summed E-state index contributed by atoms with van der Waals surface area (Å²) in [5.74, 6) is 0. The zero-order valence-electron chi connectivity index (χ0n) is 7.82. The van der Waals surface area contributed by atoms with E-state index in [9.17, 15) is 25.0 Å². The van der Waals surface area contributed by atoms with Gasteiger partial charge in [-0.2, -0.15) is 0 Å². The van der Waals surface area contributed by atoms with Gasteiger partial charge in [0.15, 0.2) is 5.12 Å². The Morgan fingerprint density at radius 2 is 1.88 bits per heavy atom. The van der Waals surface area contributed by atoms with E-state index in [0.29, 0.717) is 0 Å². The maximum Gasteiger partial charge on any atom is 0.279 e. The van der Waals surface area contributed by atoms with E-state index < -0.39 is 20.6 Å². The number of hydrogen-bond acceptors (Lipinski definition) is 5. The maximum absolute atomic E-state index is 10.7. The van der Waals surface area contributed by atoms with Crippen LogP contribution in [0.4, 0.5) is 11.4 Å². The van der Waals surface area contributed by atoms with Crippen LogP contribution in [0.5, 0.6) is 0 Å². The molecule has 1 aromatic rings. The van der Waals surface area contributed by atoms with E-state index >= 15 is 0 Å². The van der Waals surface area contributed by atoms with Crippen LogP contribution in [-0.2, 0) is 11.2 Å². The van der Waals surface area contributed by atoms with Crippen LogP contribution in [0.2, 0.25) is 0 Å². The molecule has 0 atom stereocenters. The number of non-ortho nitro benzene ring substituents is 1. The third kappa shape index (κ3) is 2.76. The summed E-state index contributed by atoms with van der Waals surface area (Å²) < 4.78 is 0. The van der Waals surface area contributed by atoms with Crippen LogP contribution >= 0.6 is 12.6 Å². The first kappa shape index (κ1) is 12.1. The lowest BCUT2D eigenvalue weighted by molar-refractivity contribution is -0.394. The molecule has 8 heteroatoms. The van der Waals surface area contributed by atoms with E-state index in [1.165, 1.54) is 6.07 Å². The lowest BCUT2D eigenvalue weighted by atomic mass is 10.1. The summed E-state index contributed by atoms with van der Waals surface area (Å²) in [7, 11) is 0. The molecule has 0 spiro atoms. The largest absolute Gasteiger partial charge is 0.287 e. The molecule has 0 aromatic heterocycles. The number of thiol groups is 1. The highest BCUT2D eigenvalue weighted by Crippen LogP contribution is 2.25. The number of nitrogens with zero attached hydrogens (tertiary/aromatic N) is 2. The summed E-state index contributed by atoms with van der Waals surface area (Å²) in [6.45, 7) is 0. The van der Waals surface area contributed by atoms with Gasteiger partial charge in [-0.25, -0.2) is 0 Å². The van der Waals surface area contributed by atoms with Gasteiger partial charge in [0.05, 0.1) is 15.9 Å². The predicted octanol–water partition coefficient (Wildman–Crippen LogP) is 1.50. The predicted molar refractivity (Wildman–Crippen MR) is 57.4 cm³/mol. The lowest BCUT2D eigenvalue weighted by Crippen LogP contribution is -2.01. The van der Waals surface area contributed by atoms with Crippen LogP contribution in [-0.4, -0.2) is 15.0 Å².